The van der Waals surface area contributed by atoms with Gasteiger partial charge in [-0.3, -0.25) is 19.2 Å². The minimum absolute atomic E-state index is 0.00304. The molecule has 6 nitrogen and oxygen atoms in total. The van der Waals surface area contributed by atoms with Crippen LogP contribution in [0.1, 0.15) is 33.6 Å². The van der Waals surface area contributed by atoms with Crippen LogP contribution in [0.3, 0.4) is 0 Å². The Morgan fingerprint density at radius 3 is 1.91 bits per heavy atom. The molecule has 0 aromatic heterocycles. The molecule has 2 aromatic rings. The zero-order chi connectivity index (χ0) is 23.9. The number of alkyl halides is 2. The Labute approximate surface area is 211 Å². The summed E-state index contributed by atoms with van der Waals surface area (Å²) in [7, 11) is 0. The molecular weight excluding hydrogens is 583 g/mol. The van der Waals surface area contributed by atoms with Crippen LogP contribution in [0.2, 0.25) is 5.02 Å². The third-order valence-electron chi connectivity index (χ3n) is 5.91. The zero-order valence-corrected chi connectivity index (χ0v) is 21.0. The molecule has 1 aliphatic carbocycles. The summed E-state index contributed by atoms with van der Waals surface area (Å²) in [5, 5.41) is 2.12. The largest absolute Gasteiger partial charge is 0.292 e. The Kier molecular flexibility index (Phi) is 7.02. The number of halogens is 4. The summed E-state index contributed by atoms with van der Waals surface area (Å²) in [6, 6.07) is 10.8. The fourth-order valence-electron chi connectivity index (χ4n) is 4.15. The third-order valence-corrected chi connectivity index (χ3v) is 8.90. The van der Waals surface area contributed by atoms with Crippen molar-refractivity contribution in [1.29, 1.82) is 0 Å². The lowest BCUT2D eigenvalue weighted by Crippen LogP contribution is -2.52. The number of carbonyl (C=O) groups is 4. The summed E-state index contributed by atoms with van der Waals surface area (Å²) in [6.45, 7) is -0.556. The molecule has 0 N–H and O–H groups in total. The van der Waals surface area contributed by atoms with Crippen LogP contribution >= 0.6 is 43.5 Å². The number of rotatable bonds is 5. The topological polar surface area (TPSA) is 74.8 Å². The number of amides is 3. The van der Waals surface area contributed by atoms with Gasteiger partial charge in [0.1, 0.15) is 12.4 Å². The van der Waals surface area contributed by atoms with E-state index in [-0.39, 0.29) is 20.8 Å². The molecule has 3 amide bonds. The van der Waals surface area contributed by atoms with Crippen molar-refractivity contribution in [3.63, 3.8) is 0 Å². The highest BCUT2D eigenvalue weighted by Gasteiger charge is 2.54. The molecule has 4 rings (SSSR count). The van der Waals surface area contributed by atoms with Crippen LogP contribution in [0.15, 0.2) is 48.5 Å². The number of benzene rings is 2. The number of hydrogen-bond acceptors (Lipinski definition) is 4. The van der Waals surface area contributed by atoms with Crippen LogP contribution in [-0.4, -0.2) is 49.7 Å². The van der Waals surface area contributed by atoms with E-state index >= 15 is 0 Å². The summed E-state index contributed by atoms with van der Waals surface area (Å²) in [6.07, 6.45) is 0.854. The molecule has 33 heavy (non-hydrogen) atoms. The van der Waals surface area contributed by atoms with Gasteiger partial charge in [-0.1, -0.05) is 43.5 Å². The van der Waals surface area contributed by atoms with Gasteiger partial charge in [-0.05, 0) is 61.4 Å². The number of Topliss-reactive ketones (excluding diaryl/α,β-unsaturated/α-hetero) is 1. The number of hydrogen-bond donors (Lipinski definition) is 0. The van der Waals surface area contributed by atoms with Gasteiger partial charge in [0, 0.05) is 25.8 Å². The molecule has 1 saturated heterocycles. The monoisotopic (exact) mass is 598 g/mol. The molecule has 10 heteroatoms. The SMILES string of the molecule is O=C(CN(C(=O)c1ccc(Cl)cc1)N1C(=O)[C@H]2C[C@H](Br)[C@@H](Br)C[C@H]2C1=O)c1ccc(F)cc1. The van der Waals surface area contributed by atoms with Gasteiger partial charge in [0.15, 0.2) is 5.78 Å². The van der Waals surface area contributed by atoms with Crippen LogP contribution in [0.25, 0.3) is 0 Å². The van der Waals surface area contributed by atoms with Crippen molar-refractivity contribution in [1.82, 2.24) is 10.0 Å². The van der Waals surface area contributed by atoms with Gasteiger partial charge in [-0.15, -0.1) is 0 Å². The third kappa shape index (κ3) is 4.76. The van der Waals surface area contributed by atoms with E-state index in [1.807, 2.05) is 0 Å². The number of imide groups is 1. The molecule has 4 atom stereocenters. The molecule has 0 spiro atoms. The molecule has 1 saturated carbocycles. The van der Waals surface area contributed by atoms with E-state index in [4.69, 9.17) is 11.6 Å². The molecule has 2 aliphatic rings. The first-order valence-electron chi connectivity index (χ1n) is 10.2. The van der Waals surface area contributed by atoms with Crippen LogP contribution in [0.5, 0.6) is 0 Å². The predicted octanol–water partition coefficient (Wildman–Crippen LogP) is 4.64. The van der Waals surface area contributed by atoms with E-state index in [2.05, 4.69) is 31.9 Å². The quantitative estimate of drug-likeness (QED) is 0.285. The van der Waals surface area contributed by atoms with Gasteiger partial charge >= 0.3 is 0 Å². The van der Waals surface area contributed by atoms with E-state index in [1.54, 1.807) is 0 Å². The second kappa shape index (κ2) is 9.64. The molecule has 0 radical (unpaired) electrons. The van der Waals surface area contributed by atoms with Gasteiger partial charge < -0.3 is 0 Å². The Hall–Kier alpha value is -2.10. The number of carbonyl (C=O) groups excluding carboxylic acids is 4. The molecule has 172 valence electrons. The van der Waals surface area contributed by atoms with Crippen molar-refractivity contribution in [2.45, 2.75) is 22.5 Å². The van der Waals surface area contributed by atoms with Crippen molar-refractivity contribution >= 4 is 67.0 Å². The second-order valence-electron chi connectivity index (χ2n) is 8.00. The average molecular weight is 601 g/mol. The average Bonchev–Trinajstić information content (AvgIpc) is 3.02. The van der Waals surface area contributed by atoms with E-state index < -0.39 is 47.7 Å². The Bertz CT molecular complexity index is 1080. The van der Waals surface area contributed by atoms with Crippen molar-refractivity contribution in [2.24, 2.45) is 11.8 Å². The fourth-order valence-corrected chi connectivity index (χ4v) is 5.52. The highest BCUT2D eigenvalue weighted by molar-refractivity contribution is 9.12. The lowest BCUT2D eigenvalue weighted by molar-refractivity contribution is -0.154. The summed E-state index contributed by atoms with van der Waals surface area (Å²) < 4.78 is 13.3. The van der Waals surface area contributed by atoms with Crippen molar-refractivity contribution < 1.29 is 23.6 Å². The maximum absolute atomic E-state index is 13.4. The summed E-state index contributed by atoms with van der Waals surface area (Å²) >= 11 is 13.0. The normalized spacial score (nSPS) is 24.5. The first-order chi connectivity index (χ1) is 15.7. The Balaban J connectivity index is 1.69. The van der Waals surface area contributed by atoms with Gasteiger partial charge in [-0.25, -0.2) is 9.40 Å². The molecular formula is C23H18Br2ClFN2O4. The van der Waals surface area contributed by atoms with Crippen molar-refractivity contribution in [2.75, 3.05) is 6.54 Å². The predicted molar refractivity (Wildman–Crippen MR) is 127 cm³/mol. The maximum Gasteiger partial charge on any atom is 0.273 e. The maximum atomic E-state index is 13.4. The van der Waals surface area contributed by atoms with Gasteiger partial charge in [0.2, 0.25) is 0 Å². The van der Waals surface area contributed by atoms with Crippen LogP contribution in [-0.2, 0) is 9.59 Å². The number of nitrogens with zero attached hydrogens (tertiary/aromatic N) is 2. The highest BCUT2D eigenvalue weighted by Crippen LogP contribution is 2.43. The summed E-state index contributed by atoms with van der Waals surface area (Å²) in [5.41, 5.74) is 0.321. The summed E-state index contributed by atoms with van der Waals surface area (Å²) in [4.78, 5) is 52.9. The van der Waals surface area contributed by atoms with Crippen LogP contribution in [0, 0.1) is 17.7 Å². The molecule has 0 bridgehead atoms. The number of ketones is 1. The van der Waals surface area contributed by atoms with E-state index in [0.29, 0.717) is 17.9 Å². The molecule has 1 heterocycles. The Morgan fingerprint density at radius 2 is 1.39 bits per heavy atom. The zero-order valence-electron chi connectivity index (χ0n) is 17.1. The number of hydrazine groups is 1. The lowest BCUT2D eigenvalue weighted by atomic mass is 9.81. The van der Waals surface area contributed by atoms with E-state index in [9.17, 15) is 23.6 Å². The van der Waals surface area contributed by atoms with E-state index in [1.165, 1.54) is 36.4 Å². The van der Waals surface area contributed by atoms with E-state index in [0.717, 1.165) is 22.2 Å². The first-order valence-corrected chi connectivity index (χ1v) is 12.4. The van der Waals surface area contributed by atoms with Crippen LogP contribution in [0.4, 0.5) is 4.39 Å². The first kappa shape index (κ1) is 24.0. The lowest BCUT2D eigenvalue weighted by Gasteiger charge is -2.30. The Morgan fingerprint density at radius 1 is 0.909 bits per heavy atom. The minimum Gasteiger partial charge on any atom is -0.292 e. The fraction of sp³-hybridized carbons (Fsp3) is 0.304. The van der Waals surface area contributed by atoms with Gasteiger partial charge in [-0.2, -0.15) is 5.01 Å². The van der Waals surface area contributed by atoms with Crippen LogP contribution < -0.4 is 0 Å². The number of fused-ring (bicyclic) bond motifs is 1. The van der Waals surface area contributed by atoms with Crippen molar-refractivity contribution in [3.05, 3.63) is 70.5 Å². The molecule has 1 aliphatic heterocycles. The standard InChI is InChI=1S/C23H18Br2ClFN2O4/c24-18-9-16-17(10-19(18)25)23(33)29(22(16)32)28(21(31)13-1-5-14(26)6-2-13)11-20(30)12-3-7-15(27)8-4-12/h1-8,16-19H,9-11H2/t16-,17+,18-,19-/m0/s1. The van der Waals surface area contributed by atoms with Gasteiger partial charge in [0.05, 0.1) is 11.8 Å². The highest BCUT2D eigenvalue weighted by atomic mass is 79.9. The molecule has 2 fully saturated rings. The molecule has 2 aromatic carbocycles. The summed E-state index contributed by atoms with van der Waals surface area (Å²) in [5.74, 6) is -3.93. The minimum atomic E-state index is -0.687. The van der Waals surface area contributed by atoms with Crippen molar-refractivity contribution in [3.8, 4) is 0 Å². The smallest absolute Gasteiger partial charge is 0.273 e. The van der Waals surface area contributed by atoms with Gasteiger partial charge in [0.25, 0.3) is 17.7 Å². The second-order valence-corrected chi connectivity index (χ2v) is 10.8. The molecule has 0 unspecified atom stereocenters.